The molecule has 0 amide bonds. The van der Waals surface area contributed by atoms with Crippen LogP contribution in [0.2, 0.25) is 0 Å². The molecule has 3 aliphatic carbocycles. The van der Waals surface area contributed by atoms with Crippen LogP contribution in [0.5, 0.6) is 0 Å². The number of hydrogen-bond acceptors (Lipinski definition) is 0. The van der Waals surface area contributed by atoms with Crippen molar-refractivity contribution in [2.45, 2.75) is 118 Å². The summed E-state index contributed by atoms with van der Waals surface area (Å²) < 4.78 is 0. The van der Waals surface area contributed by atoms with Gasteiger partial charge in [-0.3, -0.25) is 0 Å². The van der Waals surface area contributed by atoms with Crippen LogP contribution in [-0.4, -0.2) is 6.71 Å². The van der Waals surface area contributed by atoms with Gasteiger partial charge in [-0.25, -0.2) is 0 Å². The lowest BCUT2D eigenvalue weighted by atomic mass is 9.34. The Morgan fingerprint density at radius 1 is 0.561 bits per heavy atom. The van der Waals surface area contributed by atoms with E-state index in [1.165, 1.54) is 134 Å². The van der Waals surface area contributed by atoms with Crippen molar-refractivity contribution in [3.05, 3.63) is 171 Å². The van der Waals surface area contributed by atoms with Gasteiger partial charge in [0.15, 0.2) is 0 Å². The summed E-state index contributed by atoms with van der Waals surface area (Å²) in [5, 5.41) is 0. The molecule has 2 atom stereocenters. The zero-order valence-electron chi connectivity index (χ0n) is 35.9. The Hall–Kier alpha value is -4.62. The summed E-state index contributed by atoms with van der Waals surface area (Å²) in [6, 6.07) is 45.4. The second kappa shape index (κ2) is 14.6. The fraction of sp³-hybridized carbons (Fsp3) is 0.357. The Kier molecular flexibility index (Phi) is 9.74. The normalized spacial score (nSPS) is 20.6. The highest BCUT2D eigenvalue weighted by molar-refractivity contribution is 6.96. The SMILES string of the molecule is Cc1cc(C)c(B(c2ccc(C3(CCc4ccc(-c5ccc6c(c5)C(C)(C)c5ccccc5-6)cc4)CC4CCCC(C4)C3)cc2)c2c(C)cc(C)cc2C)c(C)c1. The average molecular weight is 745 g/mol. The Bertz CT molecular complexity index is 2340. The van der Waals surface area contributed by atoms with E-state index in [0.29, 0.717) is 0 Å². The zero-order valence-corrected chi connectivity index (χ0v) is 35.9. The number of fused-ring (bicyclic) bond motifs is 5. The third-order valence-electron chi connectivity index (χ3n) is 14.9. The molecule has 0 nitrogen and oxygen atoms in total. The van der Waals surface area contributed by atoms with E-state index in [9.17, 15) is 0 Å². The van der Waals surface area contributed by atoms with Gasteiger partial charge < -0.3 is 0 Å². The van der Waals surface area contributed by atoms with Crippen LogP contribution in [0.4, 0.5) is 0 Å². The van der Waals surface area contributed by atoms with Gasteiger partial charge >= 0.3 is 0 Å². The topological polar surface area (TPSA) is 0 Å². The zero-order chi connectivity index (χ0) is 39.6. The maximum absolute atomic E-state index is 2.57. The Morgan fingerprint density at radius 3 is 1.70 bits per heavy atom. The number of aryl methyl sites for hydroxylation is 7. The van der Waals surface area contributed by atoms with Crippen LogP contribution >= 0.6 is 0 Å². The lowest BCUT2D eigenvalue weighted by molar-refractivity contribution is 0.103. The van der Waals surface area contributed by atoms with Crippen molar-refractivity contribution in [2.24, 2.45) is 11.8 Å². The van der Waals surface area contributed by atoms with Crippen LogP contribution in [0.15, 0.2) is 115 Å². The van der Waals surface area contributed by atoms with Crippen LogP contribution in [0.25, 0.3) is 22.3 Å². The molecule has 0 heterocycles. The van der Waals surface area contributed by atoms with Gasteiger partial charge in [-0.1, -0.05) is 192 Å². The first kappa shape index (κ1) is 37.9. The van der Waals surface area contributed by atoms with Crippen LogP contribution in [-0.2, 0) is 17.3 Å². The summed E-state index contributed by atoms with van der Waals surface area (Å²) in [6.45, 7) is 18.7. The maximum atomic E-state index is 2.57. The first-order chi connectivity index (χ1) is 27.4. The predicted octanol–water partition coefficient (Wildman–Crippen LogP) is 12.5. The third kappa shape index (κ3) is 6.84. The molecule has 0 radical (unpaired) electrons. The van der Waals surface area contributed by atoms with E-state index in [4.69, 9.17) is 0 Å². The van der Waals surface area contributed by atoms with Crippen molar-refractivity contribution >= 4 is 23.1 Å². The van der Waals surface area contributed by atoms with E-state index in [1.807, 2.05) is 0 Å². The molecular formula is C56H61B. The molecule has 0 aliphatic heterocycles. The Balaban J connectivity index is 1.02. The van der Waals surface area contributed by atoms with E-state index in [2.05, 4.69) is 171 Å². The van der Waals surface area contributed by atoms with Gasteiger partial charge in [0, 0.05) is 5.41 Å². The molecule has 2 fully saturated rings. The molecule has 2 bridgehead atoms. The van der Waals surface area contributed by atoms with Crippen molar-refractivity contribution in [1.82, 2.24) is 0 Å². The maximum Gasteiger partial charge on any atom is 0.242 e. The van der Waals surface area contributed by atoms with Crippen LogP contribution in [0, 0.1) is 53.4 Å². The molecule has 0 spiro atoms. The molecule has 0 saturated heterocycles. The molecule has 288 valence electrons. The highest BCUT2D eigenvalue weighted by atomic mass is 14.5. The second-order valence-corrected chi connectivity index (χ2v) is 19.4. The van der Waals surface area contributed by atoms with Crippen molar-refractivity contribution in [3.63, 3.8) is 0 Å². The highest BCUT2D eigenvalue weighted by Crippen LogP contribution is 2.53. The molecule has 1 heteroatoms. The van der Waals surface area contributed by atoms with Gasteiger partial charge in [0.05, 0.1) is 0 Å². The molecule has 57 heavy (non-hydrogen) atoms. The van der Waals surface area contributed by atoms with Crippen LogP contribution in [0.3, 0.4) is 0 Å². The molecule has 3 aliphatic rings. The van der Waals surface area contributed by atoms with E-state index in [0.717, 1.165) is 18.3 Å². The van der Waals surface area contributed by atoms with Crippen molar-refractivity contribution in [2.75, 3.05) is 0 Å². The quantitative estimate of drug-likeness (QED) is 0.136. The molecular weight excluding hydrogens is 683 g/mol. The summed E-state index contributed by atoms with van der Waals surface area (Å²) in [4.78, 5) is 0. The standard InChI is InChI=1S/C56H61B/c1-36-28-38(3)53(39(4)29-36)57(54-40(5)30-37(2)31-41(54)6)48-23-21-47(22-24-48)56(34-43-12-11-13-44(32-43)35-56)27-26-42-16-18-45(19-17-42)46-20-25-50-49-14-9-10-15-51(49)55(7,8)52(50)33-46/h9-10,14-25,28-31,33,43-44H,11-13,26-27,32,34-35H2,1-8H3. The number of rotatable bonds is 8. The van der Waals surface area contributed by atoms with E-state index in [-0.39, 0.29) is 17.5 Å². The Labute approximate surface area is 344 Å². The van der Waals surface area contributed by atoms with Gasteiger partial charge in [0.2, 0.25) is 6.71 Å². The highest BCUT2D eigenvalue weighted by Gasteiger charge is 2.43. The van der Waals surface area contributed by atoms with E-state index < -0.39 is 0 Å². The minimum Gasteiger partial charge on any atom is -0.0686 e. The number of benzene rings is 6. The van der Waals surface area contributed by atoms with Crippen LogP contribution < -0.4 is 16.4 Å². The summed E-state index contributed by atoms with van der Waals surface area (Å²) in [5.74, 6) is 1.72. The first-order valence-electron chi connectivity index (χ1n) is 22.0. The summed E-state index contributed by atoms with van der Waals surface area (Å²) >= 11 is 0. The van der Waals surface area contributed by atoms with Gasteiger partial charge in [-0.15, -0.1) is 0 Å². The van der Waals surface area contributed by atoms with Crippen molar-refractivity contribution in [1.29, 1.82) is 0 Å². The predicted molar refractivity (Wildman–Crippen MR) is 247 cm³/mol. The van der Waals surface area contributed by atoms with Crippen LogP contribution in [0.1, 0.15) is 114 Å². The smallest absolute Gasteiger partial charge is 0.0686 e. The van der Waals surface area contributed by atoms with Gasteiger partial charge in [0.25, 0.3) is 0 Å². The lowest BCUT2D eigenvalue weighted by Gasteiger charge is -2.48. The van der Waals surface area contributed by atoms with Crippen molar-refractivity contribution < 1.29 is 0 Å². The fourth-order valence-electron chi connectivity index (χ4n) is 12.5. The third-order valence-corrected chi connectivity index (χ3v) is 14.9. The summed E-state index contributed by atoms with van der Waals surface area (Å²) in [7, 11) is 0. The minimum atomic E-state index is 0.0186. The number of hydrogen-bond donors (Lipinski definition) is 0. The average Bonchev–Trinajstić information content (AvgIpc) is 3.41. The first-order valence-corrected chi connectivity index (χ1v) is 22.0. The second-order valence-electron chi connectivity index (χ2n) is 19.4. The molecule has 6 aromatic rings. The van der Waals surface area contributed by atoms with Gasteiger partial charge in [-0.2, -0.15) is 0 Å². The van der Waals surface area contributed by atoms with Crippen molar-refractivity contribution in [3.8, 4) is 22.3 Å². The largest absolute Gasteiger partial charge is 0.242 e. The minimum absolute atomic E-state index is 0.0186. The fourth-order valence-corrected chi connectivity index (χ4v) is 12.5. The summed E-state index contributed by atoms with van der Waals surface area (Å²) in [5.41, 5.74) is 24.3. The molecule has 2 saturated carbocycles. The molecule has 9 rings (SSSR count). The van der Waals surface area contributed by atoms with E-state index >= 15 is 0 Å². The molecule has 6 aromatic carbocycles. The van der Waals surface area contributed by atoms with E-state index in [1.54, 1.807) is 5.56 Å². The van der Waals surface area contributed by atoms with Gasteiger partial charge in [0.1, 0.15) is 0 Å². The molecule has 0 aromatic heterocycles. The Morgan fingerprint density at radius 2 is 1.11 bits per heavy atom. The lowest BCUT2D eigenvalue weighted by Crippen LogP contribution is -2.56. The van der Waals surface area contributed by atoms with Gasteiger partial charge in [-0.05, 0) is 141 Å². The molecule has 0 N–H and O–H groups in total. The molecule has 2 unspecified atom stereocenters. The monoisotopic (exact) mass is 744 g/mol. The summed E-state index contributed by atoms with van der Waals surface area (Å²) in [6.07, 6.45) is 10.7.